The molecule has 0 aromatic heterocycles. The first-order valence-electron chi connectivity index (χ1n) is 5.82. The van der Waals surface area contributed by atoms with Crippen molar-refractivity contribution in [1.29, 1.82) is 0 Å². The Morgan fingerprint density at radius 3 is 2.95 bits per heavy atom. The number of alkyl halides is 1. The van der Waals surface area contributed by atoms with Crippen molar-refractivity contribution < 1.29 is 9.57 Å². The van der Waals surface area contributed by atoms with E-state index in [1.54, 1.807) is 18.9 Å². The lowest BCUT2D eigenvalue weighted by Crippen LogP contribution is -2.26. The molecular formula is C13H15Cl2NO2S. The largest absolute Gasteiger partial charge is 0.495 e. The maximum atomic E-state index is 5.99. The van der Waals surface area contributed by atoms with Crippen LogP contribution in [0.1, 0.15) is 18.9 Å². The number of rotatable bonds is 4. The summed E-state index contributed by atoms with van der Waals surface area (Å²) in [5.74, 6) is 1.93. The Balaban J connectivity index is 1.93. The fourth-order valence-electron chi connectivity index (χ4n) is 1.66. The molecule has 0 N–H and O–H groups in total. The molecule has 2 rings (SSSR count). The van der Waals surface area contributed by atoms with Gasteiger partial charge in [0.25, 0.3) is 0 Å². The first-order valence-corrected chi connectivity index (χ1v) is 7.72. The van der Waals surface area contributed by atoms with E-state index in [0.717, 1.165) is 22.8 Å². The second-order valence-electron chi connectivity index (χ2n) is 4.59. The van der Waals surface area contributed by atoms with Crippen LogP contribution in [0, 0.1) is 0 Å². The first kappa shape index (κ1) is 14.8. The predicted molar refractivity (Wildman–Crippen MR) is 81.6 cm³/mol. The molecule has 0 bridgehead atoms. The molecule has 1 atom stereocenters. The van der Waals surface area contributed by atoms with Crippen LogP contribution >= 0.6 is 35.0 Å². The number of nitrogens with zero attached hydrogens (tertiary/aromatic N) is 1. The molecule has 6 heteroatoms. The minimum atomic E-state index is -0.360. The lowest BCUT2D eigenvalue weighted by molar-refractivity contribution is 0.0152. The SMILES string of the molecule is COc1cc(CSC2=NOC(C)(CCl)C2)ccc1Cl. The molecule has 19 heavy (non-hydrogen) atoms. The number of benzene rings is 1. The summed E-state index contributed by atoms with van der Waals surface area (Å²) in [5.41, 5.74) is 0.773. The van der Waals surface area contributed by atoms with E-state index in [2.05, 4.69) is 5.16 Å². The van der Waals surface area contributed by atoms with Gasteiger partial charge in [-0.25, -0.2) is 0 Å². The minimum Gasteiger partial charge on any atom is -0.495 e. The molecule has 0 saturated carbocycles. The van der Waals surface area contributed by atoms with Crippen molar-refractivity contribution in [3.05, 3.63) is 28.8 Å². The molecule has 1 unspecified atom stereocenters. The Bertz CT molecular complexity index is 496. The molecule has 3 nitrogen and oxygen atoms in total. The van der Waals surface area contributed by atoms with Crippen molar-refractivity contribution in [1.82, 2.24) is 0 Å². The van der Waals surface area contributed by atoms with Gasteiger partial charge in [-0.3, -0.25) is 0 Å². The third kappa shape index (κ3) is 3.71. The minimum absolute atomic E-state index is 0.360. The average Bonchev–Trinajstić information content (AvgIpc) is 2.80. The van der Waals surface area contributed by atoms with Gasteiger partial charge in [-0.05, 0) is 24.6 Å². The molecular weight excluding hydrogens is 305 g/mol. The lowest BCUT2D eigenvalue weighted by Gasteiger charge is -2.16. The fourth-order valence-corrected chi connectivity index (χ4v) is 3.00. The average molecular weight is 320 g/mol. The highest BCUT2D eigenvalue weighted by Crippen LogP contribution is 2.32. The number of hydrogen-bond acceptors (Lipinski definition) is 4. The molecule has 104 valence electrons. The van der Waals surface area contributed by atoms with Gasteiger partial charge in [0.05, 0.1) is 18.0 Å². The number of ether oxygens (including phenoxy) is 1. The van der Waals surface area contributed by atoms with Crippen LogP contribution in [0.4, 0.5) is 0 Å². The van der Waals surface area contributed by atoms with Crippen molar-refractivity contribution in [2.45, 2.75) is 24.7 Å². The number of hydrogen-bond donors (Lipinski definition) is 0. The number of oxime groups is 1. The monoisotopic (exact) mass is 319 g/mol. The summed E-state index contributed by atoms with van der Waals surface area (Å²) in [6.07, 6.45) is 0.756. The van der Waals surface area contributed by atoms with E-state index in [9.17, 15) is 0 Å². The zero-order chi connectivity index (χ0) is 13.9. The third-order valence-electron chi connectivity index (χ3n) is 2.80. The van der Waals surface area contributed by atoms with Gasteiger partial charge >= 0.3 is 0 Å². The Kier molecular flexibility index (Phi) is 4.87. The molecule has 0 spiro atoms. The predicted octanol–water partition coefficient (Wildman–Crippen LogP) is 4.31. The van der Waals surface area contributed by atoms with Gasteiger partial charge in [0.2, 0.25) is 0 Å². The first-order chi connectivity index (χ1) is 9.06. The molecule has 0 radical (unpaired) electrons. The molecule has 1 aliphatic heterocycles. The lowest BCUT2D eigenvalue weighted by atomic mass is 10.1. The number of methoxy groups -OCH3 is 1. The summed E-state index contributed by atoms with van der Waals surface area (Å²) in [6, 6.07) is 5.76. The van der Waals surface area contributed by atoms with Crippen molar-refractivity contribution in [2.75, 3.05) is 13.0 Å². The van der Waals surface area contributed by atoms with Gasteiger partial charge in [-0.15, -0.1) is 23.4 Å². The standard InChI is InChI=1S/C13H15Cl2NO2S/c1-13(8-14)6-12(16-18-13)19-7-9-3-4-10(15)11(5-9)17-2/h3-5H,6-8H2,1-2H3. The van der Waals surface area contributed by atoms with E-state index in [4.69, 9.17) is 32.8 Å². The Morgan fingerprint density at radius 1 is 1.53 bits per heavy atom. The molecule has 0 aliphatic carbocycles. The summed E-state index contributed by atoms with van der Waals surface area (Å²) < 4.78 is 5.19. The summed E-state index contributed by atoms with van der Waals surface area (Å²) in [7, 11) is 1.61. The van der Waals surface area contributed by atoms with Crippen molar-refractivity contribution in [3.63, 3.8) is 0 Å². The topological polar surface area (TPSA) is 30.8 Å². The van der Waals surface area contributed by atoms with E-state index < -0.39 is 0 Å². The van der Waals surface area contributed by atoms with E-state index >= 15 is 0 Å². The smallest absolute Gasteiger partial charge is 0.154 e. The quantitative estimate of drug-likeness (QED) is 0.775. The van der Waals surface area contributed by atoms with Gasteiger partial charge in [-0.1, -0.05) is 22.8 Å². The Hall–Kier alpha value is -0.580. The van der Waals surface area contributed by atoms with E-state index in [1.165, 1.54) is 0 Å². The van der Waals surface area contributed by atoms with Crippen LogP contribution in [0.3, 0.4) is 0 Å². The molecule has 0 amide bonds. The van der Waals surface area contributed by atoms with E-state index in [-0.39, 0.29) is 5.60 Å². The van der Waals surface area contributed by atoms with Crippen LogP contribution < -0.4 is 4.74 Å². The second-order valence-corrected chi connectivity index (χ2v) is 6.32. The van der Waals surface area contributed by atoms with Gasteiger partial charge in [0.1, 0.15) is 10.8 Å². The summed E-state index contributed by atoms with van der Waals surface area (Å²) in [6.45, 7) is 1.96. The number of halogens is 2. The van der Waals surface area contributed by atoms with E-state index in [0.29, 0.717) is 16.7 Å². The normalized spacial score (nSPS) is 22.0. The molecule has 0 saturated heterocycles. The van der Waals surface area contributed by atoms with Crippen LogP contribution in [0.2, 0.25) is 5.02 Å². The zero-order valence-electron chi connectivity index (χ0n) is 10.8. The molecule has 1 aromatic carbocycles. The second kappa shape index (κ2) is 6.25. The maximum Gasteiger partial charge on any atom is 0.154 e. The van der Waals surface area contributed by atoms with Gasteiger partial charge in [0.15, 0.2) is 5.60 Å². The molecule has 1 heterocycles. The summed E-state index contributed by atoms with van der Waals surface area (Å²) >= 11 is 13.5. The van der Waals surface area contributed by atoms with Gasteiger partial charge < -0.3 is 9.57 Å². The van der Waals surface area contributed by atoms with E-state index in [1.807, 2.05) is 25.1 Å². The number of thioether (sulfide) groups is 1. The maximum absolute atomic E-state index is 5.99. The van der Waals surface area contributed by atoms with Crippen molar-refractivity contribution in [2.24, 2.45) is 5.16 Å². The third-order valence-corrected chi connectivity index (χ3v) is 4.70. The highest BCUT2D eigenvalue weighted by molar-refractivity contribution is 8.13. The highest BCUT2D eigenvalue weighted by atomic mass is 35.5. The molecule has 1 aromatic rings. The molecule has 1 aliphatic rings. The zero-order valence-corrected chi connectivity index (χ0v) is 13.1. The Morgan fingerprint density at radius 2 is 2.32 bits per heavy atom. The van der Waals surface area contributed by atoms with Gasteiger partial charge in [-0.2, -0.15) is 0 Å². The van der Waals surface area contributed by atoms with Crippen LogP contribution in [0.15, 0.2) is 23.4 Å². The fraction of sp³-hybridized carbons (Fsp3) is 0.462. The summed E-state index contributed by atoms with van der Waals surface area (Å²) in [5, 5.41) is 5.66. The van der Waals surface area contributed by atoms with Crippen LogP contribution in [0.25, 0.3) is 0 Å². The summed E-state index contributed by atoms with van der Waals surface area (Å²) in [4.78, 5) is 5.34. The van der Waals surface area contributed by atoms with Crippen LogP contribution in [-0.2, 0) is 10.6 Å². The molecule has 0 fully saturated rings. The Labute approximate surface area is 127 Å². The van der Waals surface area contributed by atoms with Crippen molar-refractivity contribution in [3.8, 4) is 5.75 Å². The highest BCUT2D eigenvalue weighted by Gasteiger charge is 2.33. The van der Waals surface area contributed by atoms with Crippen molar-refractivity contribution >= 4 is 40.0 Å². The van der Waals surface area contributed by atoms with Crippen LogP contribution in [0.5, 0.6) is 5.75 Å². The van der Waals surface area contributed by atoms with Crippen LogP contribution in [-0.4, -0.2) is 23.6 Å². The van der Waals surface area contributed by atoms with Gasteiger partial charge in [0, 0.05) is 12.2 Å².